The Labute approximate surface area is 179 Å². The molecule has 0 bridgehead atoms. The molecule has 2 aromatic rings. The maximum Gasteiger partial charge on any atom is 0.303 e. The van der Waals surface area contributed by atoms with Crippen LogP contribution in [-0.4, -0.2) is 38.6 Å². The van der Waals surface area contributed by atoms with Crippen molar-refractivity contribution in [2.45, 2.75) is 71.6 Å². The maximum atomic E-state index is 13.5. The Morgan fingerprint density at radius 1 is 1.26 bits per heavy atom. The number of nitrogens with zero attached hydrogens (tertiary/aromatic N) is 3. The van der Waals surface area contributed by atoms with E-state index in [-0.39, 0.29) is 31.4 Å². The van der Waals surface area contributed by atoms with Crippen molar-refractivity contribution in [1.29, 1.82) is 0 Å². The van der Waals surface area contributed by atoms with Gasteiger partial charge in [0.2, 0.25) is 11.8 Å². The Balaban J connectivity index is 1.84. The SMILES string of the molecule is CC(=O)NCc1cc(NC2CCC(F)(F)CC2)nc(-n2cc(C)c(COC(C)=O)n2)c1. The zero-order valence-electron chi connectivity index (χ0n) is 17.9. The van der Waals surface area contributed by atoms with Crippen molar-refractivity contribution in [2.75, 3.05) is 5.32 Å². The number of pyridine rings is 1. The van der Waals surface area contributed by atoms with E-state index in [4.69, 9.17) is 4.74 Å². The minimum absolute atomic E-state index is 0.0567. The number of ether oxygens (including phenoxy) is 1. The van der Waals surface area contributed by atoms with E-state index >= 15 is 0 Å². The van der Waals surface area contributed by atoms with Crippen molar-refractivity contribution >= 4 is 17.7 Å². The molecule has 1 aliphatic carbocycles. The number of halogens is 2. The molecule has 1 amide bonds. The summed E-state index contributed by atoms with van der Waals surface area (Å²) in [4.78, 5) is 27.0. The molecule has 1 aliphatic rings. The molecule has 10 heteroatoms. The molecule has 2 heterocycles. The predicted molar refractivity (Wildman–Crippen MR) is 110 cm³/mol. The van der Waals surface area contributed by atoms with Crippen molar-refractivity contribution in [3.63, 3.8) is 0 Å². The maximum absolute atomic E-state index is 13.5. The number of anilines is 1. The van der Waals surface area contributed by atoms with E-state index in [0.717, 1.165) is 11.1 Å². The minimum atomic E-state index is -2.60. The molecule has 0 saturated heterocycles. The number of hydrogen-bond donors (Lipinski definition) is 2. The van der Waals surface area contributed by atoms with Crippen LogP contribution in [0.3, 0.4) is 0 Å². The number of hydrogen-bond acceptors (Lipinski definition) is 6. The Morgan fingerprint density at radius 2 is 1.97 bits per heavy atom. The molecule has 0 aromatic carbocycles. The van der Waals surface area contributed by atoms with Crippen LogP contribution in [0.4, 0.5) is 14.6 Å². The first-order valence-electron chi connectivity index (χ1n) is 10.2. The predicted octanol–water partition coefficient (Wildman–Crippen LogP) is 3.26. The number of carbonyl (C=O) groups excluding carboxylic acids is 2. The van der Waals surface area contributed by atoms with E-state index in [1.54, 1.807) is 23.0 Å². The summed E-state index contributed by atoms with van der Waals surface area (Å²) in [6.07, 6.45) is 2.18. The summed E-state index contributed by atoms with van der Waals surface area (Å²) in [5.74, 6) is -2.13. The number of esters is 1. The minimum Gasteiger partial charge on any atom is -0.459 e. The van der Waals surface area contributed by atoms with Crippen LogP contribution in [0, 0.1) is 6.92 Å². The lowest BCUT2D eigenvalue weighted by atomic mass is 9.92. The third-order valence-electron chi connectivity index (χ3n) is 5.13. The first-order chi connectivity index (χ1) is 14.6. The van der Waals surface area contributed by atoms with E-state index < -0.39 is 11.9 Å². The quantitative estimate of drug-likeness (QED) is 0.648. The molecule has 3 rings (SSSR count). The summed E-state index contributed by atoms with van der Waals surface area (Å²) in [6.45, 7) is 4.97. The molecule has 0 unspecified atom stereocenters. The van der Waals surface area contributed by atoms with Gasteiger partial charge in [-0.25, -0.2) is 18.4 Å². The van der Waals surface area contributed by atoms with Crippen molar-refractivity contribution in [1.82, 2.24) is 20.1 Å². The van der Waals surface area contributed by atoms with Gasteiger partial charge in [0.15, 0.2) is 5.82 Å². The molecule has 0 atom stereocenters. The van der Waals surface area contributed by atoms with Gasteiger partial charge in [0.1, 0.15) is 18.1 Å². The van der Waals surface area contributed by atoms with Crippen molar-refractivity contribution < 1.29 is 23.1 Å². The third-order valence-corrected chi connectivity index (χ3v) is 5.13. The topological polar surface area (TPSA) is 98.1 Å². The monoisotopic (exact) mass is 435 g/mol. The van der Waals surface area contributed by atoms with Gasteiger partial charge in [-0.1, -0.05) is 0 Å². The van der Waals surface area contributed by atoms with Crippen LogP contribution in [0.1, 0.15) is 56.4 Å². The highest BCUT2D eigenvalue weighted by molar-refractivity contribution is 5.72. The molecule has 0 radical (unpaired) electrons. The molecule has 8 nitrogen and oxygen atoms in total. The summed E-state index contributed by atoms with van der Waals surface area (Å²) in [5, 5.41) is 10.5. The number of aromatic nitrogens is 3. The highest BCUT2D eigenvalue weighted by atomic mass is 19.3. The summed E-state index contributed by atoms with van der Waals surface area (Å²) >= 11 is 0. The normalized spacial score (nSPS) is 16.0. The molecular weight excluding hydrogens is 408 g/mol. The van der Waals surface area contributed by atoms with E-state index in [2.05, 4.69) is 20.7 Å². The van der Waals surface area contributed by atoms with Gasteiger partial charge in [0, 0.05) is 45.5 Å². The average Bonchev–Trinajstić information content (AvgIpc) is 3.07. The fourth-order valence-corrected chi connectivity index (χ4v) is 3.41. The summed E-state index contributed by atoms with van der Waals surface area (Å²) < 4.78 is 33.5. The number of nitrogens with one attached hydrogen (secondary N) is 2. The van der Waals surface area contributed by atoms with E-state index in [0.29, 0.717) is 36.7 Å². The van der Waals surface area contributed by atoms with E-state index in [1.807, 2.05) is 6.92 Å². The van der Waals surface area contributed by atoms with E-state index in [1.165, 1.54) is 13.8 Å². The van der Waals surface area contributed by atoms with Crippen LogP contribution in [0.2, 0.25) is 0 Å². The van der Waals surface area contributed by atoms with Gasteiger partial charge in [0.05, 0.1) is 0 Å². The van der Waals surface area contributed by atoms with Crippen molar-refractivity contribution in [3.05, 3.63) is 35.2 Å². The third kappa shape index (κ3) is 6.47. The second kappa shape index (κ2) is 9.40. The van der Waals surface area contributed by atoms with Gasteiger partial charge < -0.3 is 15.4 Å². The lowest BCUT2D eigenvalue weighted by Crippen LogP contribution is -2.32. The van der Waals surface area contributed by atoms with Crippen molar-refractivity contribution in [3.8, 4) is 5.82 Å². The zero-order chi connectivity index (χ0) is 22.6. The molecule has 1 fully saturated rings. The highest BCUT2D eigenvalue weighted by Gasteiger charge is 2.35. The summed E-state index contributed by atoms with van der Waals surface area (Å²) in [5.41, 5.74) is 2.23. The Morgan fingerprint density at radius 3 is 2.61 bits per heavy atom. The first kappa shape index (κ1) is 22.6. The van der Waals surface area contributed by atoms with E-state index in [9.17, 15) is 18.4 Å². The van der Waals surface area contributed by atoms with Crippen LogP contribution < -0.4 is 10.6 Å². The van der Waals surface area contributed by atoms with Crippen LogP contribution in [0.5, 0.6) is 0 Å². The van der Waals surface area contributed by atoms with Gasteiger partial charge in [-0.3, -0.25) is 9.59 Å². The standard InChI is InChI=1S/C21H27F2N5O3/c1-13-11-28(27-18(13)12-31-15(3)30)20-9-16(10-24-14(2)29)8-19(26-20)25-17-4-6-21(22,23)7-5-17/h8-9,11,17H,4-7,10,12H2,1-3H3,(H,24,29)(H,25,26). The van der Waals surface area contributed by atoms with Gasteiger partial charge in [-0.05, 0) is 43.0 Å². The molecule has 0 spiro atoms. The summed E-state index contributed by atoms with van der Waals surface area (Å²) in [7, 11) is 0. The summed E-state index contributed by atoms with van der Waals surface area (Å²) in [6, 6.07) is 3.48. The Bertz CT molecular complexity index is 950. The molecular formula is C21H27F2N5O3. The van der Waals surface area contributed by atoms with Gasteiger partial charge in [0.25, 0.3) is 0 Å². The Kier molecular flexibility index (Phi) is 6.87. The molecule has 0 aliphatic heterocycles. The number of alkyl halides is 2. The van der Waals surface area contributed by atoms with Gasteiger partial charge in [-0.15, -0.1) is 0 Å². The van der Waals surface area contributed by atoms with Gasteiger partial charge >= 0.3 is 5.97 Å². The molecule has 31 heavy (non-hydrogen) atoms. The first-order valence-corrected chi connectivity index (χ1v) is 10.2. The second-order valence-corrected chi connectivity index (χ2v) is 7.89. The fourth-order valence-electron chi connectivity index (χ4n) is 3.41. The molecule has 168 valence electrons. The number of rotatable bonds is 7. The molecule has 2 N–H and O–H groups in total. The van der Waals surface area contributed by atoms with Crippen molar-refractivity contribution in [2.24, 2.45) is 0 Å². The second-order valence-electron chi connectivity index (χ2n) is 7.89. The largest absolute Gasteiger partial charge is 0.459 e. The lowest BCUT2D eigenvalue weighted by molar-refractivity contribution is -0.142. The smallest absolute Gasteiger partial charge is 0.303 e. The Hall–Kier alpha value is -3.04. The number of carbonyl (C=O) groups is 2. The lowest BCUT2D eigenvalue weighted by Gasteiger charge is -2.29. The fraction of sp³-hybridized carbons (Fsp3) is 0.524. The number of amides is 1. The average molecular weight is 435 g/mol. The molecule has 2 aromatic heterocycles. The van der Waals surface area contributed by atoms with Crippen LogP contribution in [-0.2, 0) is 27.5 Å². The zero-order valence-corrected chi connectivity index (χ0v) is 17.9. The van der Waals surface area contributed by atoms with Gasteiger partial charge in [-0.2, -0.15) is 5.10 Å². The van der Waals surface area contributed by atoms with Crippen LogP contribution in [0.15, 0.2) is 18.3 Å². The van der Waals surface area contributed by atoms with Crippen LogP contribution in [0.25, 0.3) is 5.82 Å². The van der Waals surface area contributed by atoms with Crippen LogP contribution >= 0.6 is 0 Å². The highest BCUT2D eigenvalue weighted by Crippen LogP contribution is 2.34. The number of aryl methyl sites for hydroxylation is 1. The molecule has 1 saturated carbocycles.